The first-order chi connectivity index (χ1) is 16.2. The number of ether oxygens (including phenoxy) is 2. The Labute approximate surface area is 193 Å². The minimum absolute atomic E-state index is 0.0142. The Balaban J connectivity index is 1.16. The lowest BCUT2D eigenvalue weighted by Gasteiger charge is -2.31. The van der Waals surface area contributed by atoms with Crippen LogP contribution in [-0.2, 0) is 4.79 Å². The maximum absolute atomic E-state index is 13.0. The normalized spacial score (nSPS) is 15.7. The van der Waals surface area contributed by atoms with Gasteiger partial charge in [0, 0.05) is 36.3 Å². The molecule has 33 heavy (non-hydrogen) atoms. The van der Waals surface area contributed by atoms with Gasteiger partial charge in [0.25, 0.3) is 5.91 Å². The first-order valence-corrected chi connectivity index (χ1v) is 11.3. The zero-order valence-electron chi connectivity index (χ0n) is 18.3. The van der Waals surface area contributed by atoms with Crippen LogP contribution in [0.5, 0.6) is 11.5 Å². The largest absolute Gasteiger partial charge is 0.486 e. The van der Waals surface area contributed by atoms with Gasteiger partial charge in [-0.3, -0.25) is 9.59 Å². The van der Waals surface area contributed by atoms with E-state index in [-0.39, 0.29) is 17.7 Å². The molecule has 0 atom stereocenters. The van der Waals surface area contributed by atoms with Gasteiger partial charge in [-0.2, -0.15) is 0 Å². The number of hydrogen-bond donors (Lipinski definition) is 1. The van der Waals surface area contributed by atoms with E-state index in [0.717, 1.165) is 11.1 Å². The molecule has 0 aromatic heterocycles. The van der Waals surface area contributed by atoms with Crippen LogP contribution in [0.2, 0.25) is 0 Å². The summed E-state index contributed by atoms with van der Waals surface area (Å²) in [5.74, 6) is 1.22. The maximum Gasteiger partial charge on any atom is 0.253 e. The number of nitrogens with one attached hydrogen (secondary N) is 1. The number of carbonyl (C=O) groups is 2. The molecule has 6 nitrogen and oxygen atoms in total. The van der Waals surface area contributed by atoms with E-state index in [4.69, 9.17) is 9.47 Å². The summed E-state index contributed by atoms with van der Waals surface area (Å²) >= 11 is 0. The summed E-state index contributed by atoms with van der Waals surface area (Å²) in [4.78, 5) is 27.6. The highest BCUT2D eigenvalue weighted by atomic mass is 16.6. The van der Waals surface area contributed by atoms with Crippen molar-refractivity contribution < 1.29 is 19.1 Å². The lowest BCUT2D eigenvalue weighted by atomic mass is 9.95. The Morgan fingerprint density at radius 1 is 0.788 bits per heavy atom. The Bertz CT molecular complexity index is 1140. The topological polar surface area (TPSA) is 67.9 Å². The van der Waals surface area contributed by atoms with E-state index in [2.05, 4.69) is 17.4 Å². The van der Waals surface area contributed by atoms with Gasteiger partial charge in [0.05, 0.1) is 0 Å². The zero-order valence-corrected chi connectivity index (χ0v) is 18.3. The fraction of sp³-hybridized carbons (Fsp3) is 0.259. The zero-order chi connectivity index (χ0) is 22.6. The summed E-state index contributed by atoms with van der Waals surface area (Å²) in [6.07, 6.45) is 1.29. The van der Waals surface area contributed by atoms with Gasteiger partial charge in [-0.1, -0.05) is 42.5 Å². The van der Waals surface area contributed by atoms with Crippen molar-refractivity contribution in [1.29, 1.82) is 0 Å². The van der Waals surface area contributed by atoms with Crippen molar-refractivity contribution >= 4 is 17.5 Å². The van der Waals surface area contributed by atoms with Crippen LogP contribution in [0.25, 0.3) is 11.1 Å². The molecule has 3 aromatic rings. The second kappa shape index (κ2) is 9.36. The van der Waals surface area contributed by atoms with Crippen LogP contribution in [-0.4, -0.2) is 43.0 Å². The first-order valence-electron chi connectivity index (χ1n) is 11.3. The molecule has 1 N–H and O–H groups in total. The van der Waals surface area contributed by atoms with Crippen molar-refractivity contribution in [2.45, 2.75) is 12.8 Å². The van der Waals surface area contributed by atoms with Crippen molar-refractivity contribution in [2.75, 3.05) is 31.6 Å². The second-order valence-corrected chi connectivity index (χ2v) is 8.36. The van der Waals surface area contributed by atoms with E-state index in [9.17, 15) is 9.59 Å². The SMILES string of the molecule is O=C(Nc1ccc2c(c1)OCCO2)C1CCN(C(=O)c2ccc(-c3ccccc3)cc2)CC1. The van der Waals surface area contributed by atoms with Crippen LogP contribution in [0.1, 0.15) is 23.2 Å². The molecular formula is C27H26N2O4. The van der Waals surface area contributed by atoms with E-state index >= 15 is 0 Å². The summed E-state index contributed by atoms with van der Waals surface area (Å²) in [5, 5.41) is 2.98. The summed E-state index contributed by atoms with van der Waals surface area (Å²) in [7, 11) is 0. The van der Waals surface area contributed by atoms with Crippen molar-refractivity contribution in [3.8, 4) is 22.6 Å². The highest BCUT2D eigenvalue weighted by Crippen LogP contribution is 2.33. The summed E-state index contributed by atoms with van der Waals surface area (Å²) in [6, 6.07) is 23.3. The van der Waals surface area contributed by atoms with Crippen molar-refractivity contribution in [1.82, 2.24) is 4.90 Å². The third kappa shape index (κ3) is 4.70. The molecule has 0 radical (unpaired) electrons. The van der Waals surface area contributed by atoms with Crippen LogP contribution in [0.4, 0.5) is 5.69 Å². The molecule has 6 heteroatoms. The van der Waals surface area contributed by atoms with Gasteiger partial charge < -0.3 is 19.7 Å². The van der Waals surface area contributed by atoms with Crippen LogP contribution in [0.15, 0.2) is 72.8 Å². The van der Waals surface area contributed by atoms with Crippen molar-refractivity contribution in [3.05, 3.63) is 78.4 Å². The molecule has 1 saturated heterocycles. The first kappa shape index (κ1) is 21.1. The van der Waals surface area contributed by atoms with Gasteiger partial charge in [-0.25, -0.2) is 0 Å². The number of fused-ring (bicyclic) bond motifs is 1. The third-order valence-electron chi connectivity index (χ3n) is 6.20. The molecule has 2 aliphatic heterocycles. The average Bonchev–Trinajstić information content (AvgIpc) is 2.89. The number of carbonyl (C=O) groups excluding carboxylic acids is 2. The average molecular weight is 443 g/mol. The van der Waals surface area contributed by atoms with Crippen LogP contribution in [0.3, 0.4) is 0 Å². The number of benzene rings is 3. The Morgan fingerprint density at radius 2 is 1.45 bits per heavy atom. The highest BCUT2D eigenvalue weighted by molar-refractivity contribution is 5.96. The minimum atomic E-state index is -0.122. The fourth-order valence-corrected chi connectivity index (χ4v) is 4.33. The van der Waals surface area contributed by atoms with E-state index in [0.29, 0.717) is 61.9 Å². The Hall–Kier alpha value is -3.80. The molecule has 5 rings (SSSR count). The molecule has 0 aliphatic carbocycles. The summed E-state index contributed by atoms with van der Waals surface area (Å²) < 4.78 is 11.1. The number of amides is 2. The molecular weight excluding hydrogens is 416 g/mol. The quantitative estimate of drug-likeness (QED) is 0.641. The van der Waals surface area contributed by atoms with Crippen molar-refractivity contribution in [2.24, 2.45) is 5.92 Å². The van der Waals surface area contributed by atoms with Crippen molar-refractivity contribution in [3.63, 3.8) is 0 Å². The number of piperidine rings is 1. The maximum atomic E-state index is 13.0. The molecule has 1 fully saturated rings. The minimum Gasteiger partial charge on any atom is -0.486 e. The molecule has 0 spiro atoms. The fourth-order valence-electron chi connectivity index (χ4n) is 4.33. The number of likely N-dealkylation sites (tertiary alicyclic amines) is 1. The third-order valence-corrected chi connectivity index (χ3v) is 6.20. The van der Waals surface area contributed by atoms with Crippen LogP contribution >= 0.6 is 0 Å². The lowest BCUT2D eigenvalue weighted by Crippen LogP contribution is -2.41. The lowest BCUT2D eigenvalue weighted by molar-refractivity contribution is -0.121. The predicted octanol–water partition coefficient (Wildman–Crippen LogP) is 4.62. The molecule has 2 aliphatic rings. The molecule has 0 unspecified atom stereocenters. The molecule has 3 aromatic carbocycles. The van der Waals surface area contributed by atoms with Gasteiger partial charge >= 0.3 is 0 Å². The van der Waals surface area contributed by atoms with E-state index in [1.54, 1.807) is 6.07 Å². The smallest absolute Gasteiger partial charge is 0.253 e. The number of hydrogen-bond acceptors (Lipinski definition) is 4. The molecule has 2 amide bonds. The Morgan fingerprint density at radius 3 is 2.18 bits per heavy atom. The van der Waals surface area contributed by atoms with E-state index in [1.807, 2.05) is 59.5 Å². The molecule has 0 saturated carbocycles. The van der Waals surface area contributed by atoms with Gasteiger partial charge in [0.1, 0.15) is 13.2 Å². The van der Waals surface area contributed by atoms with E-state index in [1.165, 1.54) is 0 Å². The standard InChI is InChI=1S/C27H26N2O4/c30-26(28-23-10-11-24-25(18-23)33-17-16-32-24)21-12-14-29(15-13-21)27(31)22-8-6-20(7-9-22)19-4-2-1-3-5-19/h1-11,18,21H,12-17H2,(H,28,30). The molecule has 0 bridgehead atoms. The monoisotopic (exact) mass is 442 g/mol. The van der Waals surface area contributed by atoms with Gasteiger partial charge in [0.15, 0.2) is 11.5 Å². The second-order valence-electron chi connectivity index (χ2n) is 8.36. The van der Waals surface area contributed by atoms with Crippen LogP contribution < -0.4 is 14.8 Å². The van der Waals surface area contributed by atoms with Gasteiger partial charge in [0.2, 0.25) is 5.91 Å². The van der Waals surface area contributed by atoms with Crippen LogP contribution in [0, 0.1) is 5.92 Å². The number of anilines is 1. The highest BCUT2D eigenvalue weighted by Gasteiger charge is 2.28. The van der Waals surface area contributed by atoms with E-state index < -0.39 is 0 Å². The Kier molecular flexibility index (Phi) is 5.98. The predicted molar refractivity (Wildman–Crippen MR) is 127 cm³/mol. The summed E-state index contributed by atoms with van der Waals surface area (Å²) in [5.41, 5.74) is 3.58. The molecule has 168 valence electrons. The number of rotatable bonds is 4. The number of nitrogens with zero attached hydrogens (tertiary/aromatic N) is 1. The van der Waals surface area contributed by atoms with Gasteiger partial charge in [-0.05, 0) is 48.2 Å². The van der Waals surface area contributed by atoms with Gasteiger partial charge in [-0.15, -0.1) is 0 Å². The summed E-state index contributed by atoms with van der Waals surface area (Å²) in [6.45, 7) is 2.18. The molecule has 2 heterocycles.